The third kappa shape index (κ3) is 3.15. The number of hydrogen-bond donors (Lipinski definition) is 0. The van der Waals surface area contributed by atoms with E-state index in [1.165, 1.54) is 7.11 Å². The van der Waals surface area contributed by atoms with Gasteiger partial charge in [-0.3, -0.25) is 9.69 Å². The number of likely N-dealkylation sites (tertiary alicyclic amines) is 1. The lowest BCUT2D eigenvalue weighted by molar-refractivity contribution is -0.150. The molecule has 0 N–H and O–H groups in total. The van der Waals surface area contributed by atoms with Crippen LogP contribution < -0.4 is 0 Å². The lowest BCUT2D eigenvalue weighted by Crippen LogP contribution is -2.42. The standard InChI is InChI=1S/C10H19NO4/c1-13-9(14-2)7-11-6-4-5-8(11)10(12)15-3/h8-9H,4-7H2,1-3H3. The van der Waals surface area contributed by atoms with Crippen LogP contribution in [0.3, 0.4) is 0 Å². The fraction of sp³-hybridized carbons (Fsp3) is 0.900. The van der Waals surface area contributed by atoms with Gasteiger partial charge in [0.2, 0.25) is 0 Å². The van der Waals surface area contributed by atoms with E-state index < -0.39 is 0 Å². The smallest absolute Gasteiger partial charge is 0.323 e. The monoisotopic (exact) mass is 217 g/mol. The van der Waals surface area contributed by atoms with Crippen molar-refractivity contribution in [2.24, 2.45) is 0 Å². The van der Waals surface area contributed by atoms with E-state index in [4.69, 9.17) is 14.2 Å². The molecule has 0 amide bonds. The van der Waals surface area contributed by atoms with Crippen LogP contribution in [0.15, 0.2) is 0 Å². The molecule has 15 heavy (non-hydrogen) atoms. The van der Waals surface area contributed by atoms with E-state index in [0.29, 0.717) is 6.54 Å². The highest BCUT2D eigenvalue weighted by atomic mass is 16.7. The number of rotatable bonds is 5. The number of carbonyl (C=O) groups excluding carboxylic acids is 1. The van der Waals surface area contributed by atoms with Crippen LogP contribution in [0, 0.1) is 0 Å². The Labute approximate surface area is 90.3 Å². The molecule has 0 aromatic heterocycles. The van der Waals surface area contributed by atoms with E-state index in [9.17, 15) is 4.79 Å². The summed E-state index contributed by atoms with van der Waals surface area (Å²) in [6, 6.07) is -0.136. The van der Waals surface area contributed by atoms with E-state index >= 15 is 0 Å². The summed E-state index contributed by atoms with van der Waals surface area (Å²) < 4.78 is 15.0. The van der Waals surface area contributed by atoms with E-state index in [1.807, 2.05) is 4.90 Å². The van der Waals surface area contributed by atoms with Gasteiger partial charge in [0.25, 0.3) is 0 Å². The van der Waals surface area contributed by atoms with Gasteiger partial charge < -0.3 is 14.2 Å². The molecular weight excluding hydrogens is 198 g/mol. The molecule has 5 nitrogen and oxygen atoms in total. The largest absolute Gasteiger partial charge is 0.468 e. The molecule has 0 radical (unpaired) electrons. The molecule has 1 atom stereocenters. The van der Waals surface area contributed by atoms with Crippen LogP contribution >= 0.6 is 0 Å². The van der Waals surface area contributed by atoms with Gasteiger partial charge in [0.1, 0.15) is 6.04 Å². The van der Waals surface area contributed by atoms with Crippen LogP contribution in [-0.2, 0) is 19.0 Å². The fourth-order valence-electron chi connectivity index (χ4n) is 1.88. The van der Waals surface area contributed by atoms with Crippen LogP contribution in [0.2, 0.25) is 0 Å². The second-order valence-electron chi connectivity index (χ2n) is 3.58. The van der Waals surface area contributed by atoms with Gasteiger partial charge in [-0.15, -0.1) is 0 Å². The zero-order valence-electron chi connectivity index (χ0n) is 9.56. The summed E-state index contributed by atoms with van der Waals surface area (Å²) in [4.78, 5) is 13.5. The van der Waals surface area contributed by atoms with Crippen LogP contribution in [0.25, 0.3) is 0 Å². The highest BCUT2D eigenvalue weighted by molar-refractivity contribution is 5.75. The van der Waals surface area contributed by atoms with Gasteiger partial charge in [-0.2, -0.15) is 0 Å². The maximum absolute atomic E-state index is 11.4. The first-order chi connectivity index (χ1) is 7.22. The molecule has 1 heterocycles. The van der Waals surface area contributed by atoms with Gasteiger partial charge in [0, 0.05) is 14.2 Å². The summed E-state index contributed by atoms with van der Waals surface area (Å²) in [5, 5.41) is 0. The molecular formula is C10H19NO4. The van der Waals surface area contributed by atoms with Gasteiger partial charge >= 0.3 is 5.97 Å². The van der Waals surface area contributed by atoms with Gasteiger partial charge in [-0.05, 0) is 19.4 Å². The summed E-state index contributed by atoms with van der Waals surface area (Å²) in [5.41, 5.74) is 0. The van der Waals surface area contributed by atoms with Crippen LogP contribution in [0.4, 0.5) is 0 Å². The van der Waals surface area contributed by atoms with Crippen LogP contribution in [0.5, 0.6) is 0 Å². The molecule has 0 saturated carbocycles. The lowest BCUT2D eigenvalue weighted by Gasteiger charge is -2.25. The highest BCUT2D eigenvalue weighted by Gasteiger charge is 2.32. The van der Waals surface area contributed by atoms with Crippen molar-refractivity contribution in [3.63, 3.8) is 0 Å². The second kappa shape index (κ2) is 6.05. The third-order valence-electron chi connectivity index (χ3n) is 2.75. The average Bonchev–Trinajstić information content (AvgIpc) is 2.72. The topological polar surface area (TPSA) is 48.0 Å². The van der Waals surface area contributed by atoms with Crippen molar-refractivity contribution in [1.82, 2.24) is 4.90 Å². The van der Waals surface area contributed by atoms with Crippen molar-refractivity contribution in [2.75, 3.05) is 34.4 Å². The van der Waals surface area contributed by atoms with Crippen molar-refractivity contribution in [2.45, 2.75) is 25.2 Å². The quantitative estimate of drug-likeness (QED) is 0.488. The van der Waals surface area contributed by atoms with Crippen LogP contribution in [0.1, 0.15) is 12.8 Å². The minimum Gasteiger partial charge on any atom is -0.468 e. The molecule has 0 aromatic rings. The predicted molar refractivity (Wildman–Crippen MR) is 54.4 cm³/mol. The zero-order valence-corrected chi connectivity index (χ0v) is 9.56. The number of methoxy groups -OCH3 is 3. The molecule has 1 saturated heterocycles. The second-order valence-corrected chi connectivity index (χ2v) is 3.58. The molecule has 5 heteroatoms. The molecule has 88 valence electrons. The highest BCUT2D eigenvalue weighted by Crippen LogP contribution is 2.18. The number of carbonyl (C=O) groups is 1. The number of hydrogen-bond acceptors (Lipinski definition) is 5. The fourth-order valence-corrected chi connectivity index (χ4v) is 1.88. The summed E-state index contributed by atoms with van der Waals surface area (Å²) in [5.74, 6) is -0.168. The van der Waals surface area contributed by atoms with Gasteiger partial charge in [-0.1, -0.05) is 0 Å². The maximum atomic E-state index is 11.4. The first-order valence-electron chi connectivity index (χ1n) is 5.10. The molecule has 1 unspecified atom stereocenters. The summed E-state index contributed by atoms with van der Waals surface area (Å²) in [6.07, 6.45) is 1.59. The normalized spacial score (nSPS) is 22.3. The minimum atomic E-state index is -0.282. The van der Waals surface area contributed by atoms with E-state index in [-0.39, 0.29) is 18.3 Å². The number of nitrogens with zero attached hydrogens (tertiary/aromatic N) is 1. The third-order valence-corrected chi connectivity index (χ3v) is 2.75. The Morgan fingerprint density at radius 1 is 1.40 bits per heavy atom. The molecule has 0 bridgehead atoms. The Hall–Kier alpha value is -0.650. The molecule has 0 spiro atoms. The van der Waals surface area contributed by atoms with Crippen molar-refractivity contribution in [3.05, 3.63) is 0 Å². The van der Waals surface area contributed by atoms with Crippen molar-refractivity contribution in [1.29, 1.82) is 0 Å². The predicted octanol–water partition coefficient (Wildman–Crippen LogP) is 0.243. The van der Waals surface area contributed by atoms with E-state index in [0.717, 1.165) is 19.4 Å². The summed E-state index contributed by atoms with van der Waals surface area (Å²) in [6.45, 7) is 1.50. The molecule has 0 aliphatic carbocycles. The number of esters is 1. The Bertz CT molecular complexity index is 206. The lowest BCUT2D eigenvalue weighted by atomic mass is 10.2. The van der Waals surface area contributed by atoms with Crippen molar-refractivity contribution >= 4 is 5.97 Å². The molecule has 1 rings (SSSR count). The zero-order chi connectivity index (χ0) is 11.3. The minimum absolute atomic E-state index is 0.136. The maximum Gasteiger partial charge on any atom is 0.323 e. The molecule has 0 aromatic carbocycles. The van der Waals surface area contributed by atoms with Gasteiger partial charge in [-0.25, -0.2) is 0 Å². The first-order valence-corrected chi connectivity index (χ1v) is 5.10. The number of ether oxygens (including phenoxy) is 3. The Morgan fingerprint density at radius 2 is 2.07 bits per heavy atom. The molecule has 1 aliphatic heterocycles. The van der Waals surface area contributed by atoms with E-state index in [1.54, 1.807) is 14.2 Å². The van der Waals surface area contributed by atoms with Crippen molar-refractivity contribution < 1.29 is 19.0 Å². The van der Waals surface area contributed by atoms with E-state index in [2.05, 4.69) is 0 Å². The summed E-state index contributed by atoms with van der Waals surface area (Å²) >= 11 is 0. The average molecular weight is 217 g/mol. The SMILES string of the molecule is COC(=O)C1CCCN1CC(OC)OC. The Morgan fingerprint density at radius 3 is 2.60 bits per heavy atom. The first kappa shape index (κ1) is 12.4. The molecule has 1 fully saturated rings. The van der Waals surface area contributed by atoms with Crippen molar-refractivity contribution in [3.8, 4) is 0 Å². The Kier molecular flexibility index (Phi) is 5.01. The molecule has 1 aliphatic rings. The van der Waals surface area contributed by atoms with Gasteiger partial charge in [0.15, 0.2) is 6.29 Å². The van der Waals surface area contributed by atoms with Gasteiger partial charge in [0.05, 0.1) is 13.7 Å². The Balaban J connectivity index is 2.49. The van der Waals surface area contributed by atoms with Crippen LogP contribution in [-0.4, -0.2) is 57.6 Å². The summed E-state index contributed by atoms with van der Waals surface area (Å²) in [7, 11) is 4.61.